The molecular weight excluding hydrogens is 266 g/mol. The molecular formula is C17H27NOS. The number of hydrogen-bond donors (Lipinski definition) is 0. The first kappa shape index (κ1) is 17.1. The van der Waals surface area contributed by atoms with Crippen LogP contribution in [0.5, 0.6) is 0 Å². The minimum absolute atomic E-state index is 0.167. The first-order valence-corrected chi connectivity index (χ1v) is 7.71. The fraction of sp³-hybridized carbons (Fsp3) is 0.588. The van der Waals surface area contributed by atoms with Crippen molar-refractivity contribution in [3.63, 3.8) is 0 Å². The molecule has 0 aliphatic heterocycles. The zero-order chi connectivity index (χ0) is 15.1. The molecule has 0 N–H and O–H groups in total. The van der Waals surface area contributed by atoms with Crippen molar-refractivity contribution in [3.05, 3.63) is 35.4 Å². The maximum absolute atomic E-state index is 5.65. The summed E-state index contributed by atoms with van der Waals surface area (Å²) in [7, 11) is 4.06. The average Bonchev–Trinajstić information content (AvgIpc) is 2.37. The van der Waals surface area contributed by atoms with E-state index in [1.807, 2.05) is 14.1 Å². The number of thiocarbonyl (C=S) groups is 1. The Labute approximate surface area is 129 Å². The third-order valence-corrected chi connectivity index (χ3v) is 3.73. The van der Waals surface area contributed by atoms with Crippen LogP contribution in [0.2, 0.25) is 0 Å². The zero-order valence-electron chi connectivity index (χ0n) is 13.3. The number of hydrogen-bond acceptors (Lipinski definition) is 3. The average molecular weight is 293 g/mol. The summed E-state index contributed by atoms with van der Waals surface area (Å²) >= 11 is 5.37. The van der Waals surface area contributed by atoms with Crippen LogP contribution in [-0.2, 0) is 11.2 Å². The van der Waals surface area contributed by atoms with E-state index in [9.17, 15) is 0 Å². The van der Waals surface area contributed by atoms with E-state index in [2.05, 4.69) is 49.9 Å². The van der Waals surface area contributed by atoms with Gasteiger partial charge in [-0.15, -0.1) is 0 Å². The van der Waals surface area contributed by atoms with E-state index in [1.54, 1.807) is 0 Å². The van der Waals surface area contributed by atoms with Crippen LogP contribution < -0.4 is 0 Å². The predicted octanol–water partition coefficient (Wildman–Crippen LogP) is 3.89. The molecule has 0 saturated heterocycles. The smallest absolute Gasteiger partial charge is 0.166 e. The van der Waals surface area contributed by atoms with E-state index in [0.717, 1.165) is 13.0 Å². The molecule has 0 radical (unpaired) electrons. The van der Waals surface area contributed by atoms with Crippen molar-refractivity contribution in [2.45, 2.75) is 33.1 Å². The van der Waals surface area contributed by atoms with Crippen LogP contribution >= 0.6 is 12.2 Å². The van der Waals surface area contributed by atoms with Crippen LogP contribution in [-0.4, -0.2) is 37.2 Å². The number of nitrogens with zero attached hydrogens (tertiary/aromatic N) is 1. The van der Waals surface area contributed by atoms with Gasteiger partial charge in [0, 0.05) is 12.5 Å². The number of benzene rings is 1. The van der Waals surface area contributed by atoms with Gasteiger partial charge in [-0.05, 0) is 49.8 Å². The summed E-state index contributed by atoms with van der Waals surface area (Å²) in [5.41, 5.74) is 2.61. The second-order valence-corrected chi connectivity index (χ2v) is 6.43. The van der Waals surface area contributed by atoms with Gasteiger partial charge in [0.2, 0.25) is 0 Å². The lowest BCUT2D eigenvalue weighted by Crippen LogP contribution is -2.21. The van der Waals surface area contributed by atoms with Gasteiger partial charge < -0.3 is 9.64 Å². The van der Waals surface area contributed by atoms with Gasteiger partial charge in [-0.25, -0.2) is 0 Å². The van der Waals surface area contributed by atoms with E-state index >= 15 is 0 Å². The van der Waals surface area contributed by atoms with E-state index in [4.69, 9.17) is 17.0 Å². The minimum Gasteiger partial charge on any atom is -0.485 e. The fourth-order valence-corrected chi connectivity index (χ4v) is 2.22. The summed E-state index contributed by atoms with van der Waals surface area (Å²) in [5, 5.41) is 0.684. The van der Waals surface area contributed by atoms with Crippen molar-refractivity contribution in [2.24, 2.45) is 5.92 Å². The Bertz CT molecular complexity index is 412. The molecule has 0 saturated carbocycles. The summed E-state index contributed by atoms with van der Waals surface area (Å²) in [6, 6.07) is 8.75. The SMILES string of the molecule is CC(C)Cc1ccc([C@H](C)C(=S)OCCN(C)C)cc1. The Morgan fingerprint density at radius 1 is 1.15 bits per heavy atom. The first-order valence-electron chi connectivity index (χ1n) is 7.30. The molecule has 0 amide bonds. The Morgan fingerprint density at radius 2 is 1.75 bits per heavy atom. The molecule has 3 heteroatoms. The van der Waals surface area contributed by atoms with Crippen LogP contribution in [0.3, 0.4) is 0 Å². The summed E-state index contributed by atoms with van der Waals surface area (Å²) in [6.45, 7) is 8.13. The first-order chi connectivity index (χ1) is 9.40. The third kappa shape index (κ3) is 6.02. The maximum atomic E-state index is 5.65. The molecule has 0 fully saturated rings. The molecule has 0 aliphatic carbocycles. The topological polar surface area (TPSA) is 12.5 Å². The zero-order valence-corrected chi connectivity index (χ0v) is 14.2. The molecule has 20 heavy (non-hydrogen) atoms. The highest BCUT2D eigenvalue weighted by Crippen LogP contribution is 2.19. The lowest BCUT2D eigenvalue weighted by atomic mass is 9.97. The van der Waals surface area contributed by atoms with Crippen LogP contribution in [0.1, 0.15) is 37.8 Å². The number of rotatable bonds is 7. The maximum Gasteiger partial charge on any atom is 0.166 e. The van der Waals surface area contributed by atoms with Gasteiger partial charge in [0.25, 0.3) is 0 Å². The Kier molecular flexibility index (Phi) is 7.17. The van der Waals surface area contributed by atoms with Crippen molar-refractivity contribution < 1.29 is 4.74 Å². The Balaban J connectivity index is 2.53. The Hall–Kier alpha value is -0.930. The van der Waals surface area contributed by atoms with Gasteiger partial charge in [0.05, 0.1) is 0 Å². The molecule has 1 aromatic carbocycles. The van der Waals surface area contributed by atoms with Gasteiger partial charge in [-0.2, -0.15) is 0 Å². The summed E-state index contributed by atoms with van der Waals surface area (Å²) in [4.78, 5) is 2.09. The minimum atomic E-state index is 0.167. The molecule has 2 nitrogen and oxygen atoms in total. The van der Waals surface area contributed by atoms with E-state index in [0.29, 0.717) is 17.6 Å². The highest BCUT2D eigenvalue weighted by Gasteiger charge is 2.12. The van der Waals surface area contributed by atoms with Crippen molar-refractivity contribution in [3.8, 4) is 0 Å². The van der Waals surface area contributed by atoms with Crippen LogP contribution in [0, 0.1) is 5.92 Å². The molecule has 112 valence electrons. The molecule has 0 unspecified atom stereocenters. The van der Waals surface area contributed by atoms with Crippen LogP contribution in [0.25, 0.3) is 0 Å². The summed E-state index contributed by atoms with van der Waals surface area (Å²) < 4.78 is 5.65. The van der Waals surface area contributed by atoms with Crippen molar-refractivity contribution in [1.29, 1.82) is 0 Å². The molecule has 0 aromatic heterocycles. The molecule has 1 rings (SSSR count). The highest BCUT2D eigenvalue weighted by atomic mass is 32.1. The standard InChI is InChI=1S/C17H27NOS/c1-13(2)12-15-6-8-16(9-7-15)14(3)17(20)19-11-10-18(4)5/h6-9,13-14H,10-12H2,1-5H3/t14-/m0/s1. The van der Waals surface area contributed by atoms with Crippen molar-refractivity contribution in [2.75, 3.05) is 27.2 Å². The van der Waals surface area contributed by atoms with Gasteiger partial charge in [0.1, 0.15) is 6.61 Å². The van der Waals surface area contributed by atoms with Gasteiger partial charge in [0.15, 0.2) is 5.05 Å². The lowest BCUT2D eigenvalue weighted by Gasteiger charge is -2.17. The normalized spacial score (nSPS) is 12.8. The van der Waals surface area contributed by atoms with Crippen LogP contribution in [0.4, 0.5) is 0 Å². The molecule has 0 aliphatic rings. The molecule has 1 atom stereocenters. The number of likely N-dealkylation sites (N-methyl/N-ethyl adjacent to an activating group) is 1. The van der Waals surface area contributed by atoms with E-state index < -0.39 is 0 Å². The summed E-state index contributed by atoms with van der Waals surface area (Å²) in [5.74, 6) is 0.856. The fourth-order valence-electron chi connectivity index (χ4n) is 2.00. The molecule has 0 bridgehead atoms. The molecule has 0 spiro atoms. The Morgan fingerprint density at radius 3 is 2.25 bits per heavy atom. The third-order valence-electron chi connectivity index (χ3n) is 3.26. The summed E-state index contributed by atoms with van der Waals surface area (Å²) in [6.07, 6.45) is 1.12. The second kappa shape index (κ2) is 8.38. The highest BCUT2D eigenvalue weighted by molar-refractivity contribution is 7.80. The second-order valence-electron chi connectivity index (χ2n) is 6.03. The van der Waals surface area contributed by atoms with Crippen LogP contribution in [0.15, 0.2) is 24.3 Å². The largest absolute Gasteiger partial charge is 0.485 e. The van der Waals surface area contributed by atoms with Gasteiger partial charge in [-0.1, -0.05) is 45.0 Å². The van der Waals surface area contributed by atoms with Crippen molar-refractivity contribution >= 4 is 17.3 Å². The molecule has 1 aromatic rings. The van der Waals surface area contributed by atoms with Gasteiger partial charge in [-0.3, -0.25) is 0 Å². The van der Waals surface area contributed by atoms with Gasteiger partial charge >= 0.3 is 0 Å². The predicted molar refractivity (Wildman–Crippen MR) is 90.5 cm³/mol. The molecule has 0 heterocycles. The quantitative estimate of drug-likeness (QED) is 0.708. The van der Waals surface area contributed by atoms with E-state index in [1.165, 1.54) is 11.1 Å². The van der Waals surface area contributed by atoms with E-state index in [-0.39, 0.29) is 5.92 Å². The number of ether oxygens (including phenoxy) is 1. The monoisotopic (exact) mass is 293 g/mol. The van der Waals surface area contributed by atoms with Crippen molar-refractivity contribution in [1.82, 2.24) is 4.90 Å². The lowest BCUT2D eigenvalue weighted by molar-refractivity contribution is 0.249.